The van der Waals surface area contributed by atoms with Crippen LogP contribution < -0.4 is 21.7 Å². The Morgan fingerprint density at radius 3 is 1.79 bits per heavy atom. The molecule has 0 saturated carbocycles. The van der Waals surface area contributed by atoms with E-state index in [1.165, 1.54) is 6.92 Å². The van der Waals surface area contributed by atoms with Crippen LogP contribution in [-0.4, -0.2) is 69.9 Å². The fraction of sp³-hybridized carbons (Fsp3) is 0.778. The largest absolute Gasteiger partial charge is 0.480 e. The van der Waals surface area contributed by atoms with E-state index in [1.54, 1.807) is 13.8 Å². The fourth-order valence-corrected chi connectivity index (χ4v) is 2.76. The van der Waals surface area contributed by atoms with E-state index in [0.717, 1.165) is 0 Å². The number of rotatable bonds is 12. The zero-order chi connectivity index (χ0) is 22.9. The lowest BCUT2D eigenvalue weighted by Crippen LogP contribution is -2.60. The number of thiol groups is 1. The zero-order valence-corrected chi connectivity index (χ0v) is 18.4. The van der Waals surface area contributed by atoms with Gasteiger partial charge in [0.05, 0.1) is 12.1 Å². The Morgan fingerprint density at radius 1 is 0.897 bits per heavy atom. The Balaban J connectivity index is 5.15. The summed E-state index contributed by atoms with van der Waals surface area (Å²) in [7, 11) is 0. The number of aliphatic carboxylic acids is 1. The zero-order valence-electron chi connectivity index (χ0n) is 17.5. The van der Waals surface area contributed by atoms with Gasteiger partial charge in [-0.05, 0) is 25.2 Å². The number of carboxylic acid groups (broad SMARTS) is 1. The maximum atomic E-state index is 12.5. The molecule has 0 radical (unpaired) electrons. The average Bonchev–Trinajstić information content (AvgIpc) is 2.59. The number of carboxylic acids is 1. The van der Waals surface area contributed by atoms with Gasteiger partial charge in [0, 0.05) is 5.75 Å². The van der Waals surface area contributed by atoms with Crippen molar-refractivity contribution in [2.45, 2.75) is 71.3 Å². The SMILES string of the molecule is CC(C)CC(N)C(=O)NC(C(=O)NC(CS)C(=O)NC(C(=O)O)C(C)C)C(C)O. The van der Waals surface area contributed by atoms with E-state index >= 15 is 0 Å². The van der Waals surface area contributed by atoms with Crippen LogP contribution in [0.5, 0.6) is 0 Å². The summed E-state index contributed by atoms with van der Waals surface area (Å²) in [6, 6.07) is -4.48. The minimum Gasteiger partial charge on any atom is -0.480 e. The second-order valence-corrected chi connectivity index (χ2v) is 8.14. The first-order valence-corrected chi connectivity index (χ1v) is 10.1. The average molecular weight is 435 g/mol. The third-order valence-electron chi connectivity index (χ3n) is 4.17. The number of nitrogens with two attached hydrogens (primary N) is 1. The molecule has 5 unspecified atom stereocenters. The normalized spacial score (nSPS) is 16.5. The first-order chi connectivity index (χ1) is 13.3. The molecule has 0 aliphatic heterocycles. The van der Waals surface area contributed by atoms with Crippen LogP contribution in [-0.2, 0) is 19.2 Å². The number of hydrogen-bond donors (Lipinski definition) is 7. The molecule has 7 N–H and O–H groups in total. The van der Waals surface area contributed by atoms with Crippen LogP contribution in [0.4, 0.5) is 0 Å². The van der Waals surface area contributed by atoms with Crippen LogP contribution in [0.3, 0.4) is 0 Å². The highest BCUT2D eigenvalue weighted by atomic mass is 32.1. The second kappa shape index (κ2) is 12.7. The molecule has 168 valence electrons. The molecule has 0 spiro atoms. The molecule has 0 aliphatic carbocycles. The summed E-state index contributed by atoms with van der Waals surface area (Å²) < 4.78 is 0. The van der Waals surface area contributed by atoms with Crippen LogP contribution in [0, 0.1) is 11.8 Å². The fourth-order valence-electron chi connectivity index (χ4n) is 2.50. The van der Waals surface area contributed by atoms with Gasteiger partial charge in [0.15, 0.2) is 0 Å². The van der Waals surface area contributed by atoms with Gasteiger partial charge in [-0.1, -0.05) is 27.7 Å². The van der Waals surface area contributed by atoms with Crippen molar-refractivity contribution >= 4 is 36.3 Å². The van der Waals surface area contributed by atoms with Gasteiger partial charge in [-0.15, -0.1) is 0 Å². The predicted octanol–water partition coefficient (Wildman–Crippen LogP) is -1.13. The van der Waals surface area contributed by atoms with Crippen LogP contribution >= 0.6 is 12.6 Å². The molecule has 0 fully saturated rings. The number of carbonyl (C=O) groups excluding carboxylic acids is 3. The smallest absolute Gasteiger partial charge is 0.326 e. The highest BCUT2D eigenvalue weighted by Gasteiger charge is 2.32. The molecule has 0 bridgehead atoms. The van der Waals surface area contributed by atoms with Gasteiger partial charge in [-0.2, -0.15) is 12.6 Å². The first kappa shape index (κ1) is 27.1. The van der Waals surface area contributed by atoms with E-state index in [2.05, 4.69) is 28.6 Å². The highest BCUT2D eigenvalue weighted by Crippen LogP contribution is 2.05. The van der Waals surface area contributed by atoms with Gasteiger partial charge in [0.25, 0.3) is 0 Å². The lowest BCUT2D eigenvalue weighted by molar-refractivity contribution is -0.143. The number of carbonyl (C=O) groups is 4. The molecule has 0 saturated heterocycles. The maximum Gasteiger partial charge on any atom is 0.326 e. The van der Waals surface area contributed by atoms with E-state index in [9.17, 15) is 29.4 Å². The lowest BCUT2D eigenvalue weighted by Gasteiger charge is -2.26. The predicted molar refractivity (Wildman–Crippen MR) is 111 cm³/mol. The molecule has 29 heavy (non-hydrogen) atoms. The molecule has 3 amide bonds. The van der Waals surface area contributed by atoms with Gasteiger partial charge < -0.3 is 31.9 Å². The number of aliphatic hydroxyl groups excluding tert-OH is 1. The summed E-state index contributed by atoms with van der Waals surface area (Å²) in [6.45, 7) is 8.36. The Morgan fingerprint density at radius 2 is 1.41 bits per heavy atom. The summed E-state index contributed by atoms with van der Waals surface area (Å²) >= 11 is 4.02. The van der Waals surface area contributed by atoms with Gasteiger partial charge in [0.1, 0.15) is 18.1 Å². The van der Waals surface area contributed by atoms with E-state index in [1.807, 2.05) is 13.8 Å². The molecule has 0 rings (SSSR count). The number of aliphatic hydroxyl groups is 1. The van der Waals surface area contributed by atoms with Crippen molar-refractivity contribution in [1.82, 2.24) is 16.0 Å². The maximum absolute atomic E-state index is 12.5. The van der Waals surface area contributed by atoms with Gasteiger partial charge in [-0.3, -0.25) is 14.4 Å². The number of amides is 3. The molecule has 0 heterocycles. The van der Waals surface area contributed by atoms with Crippen molar-refractivity contribution in [3.63, 3.8) is 0 Å². The van der Waals surface area contributed by atoms with Crippen molar-refractivity contribution in [2.75, 3.05) is 5.75 Å². The van der Waals surface area contributed by atoms with Gasteiger partial charge >= 0.3 is 5.97 Å². The first-order valence-electron chi connectivity index (χ1n) is 9.50. The summed E-state index contributed by atoms with van der Waals surface area (Å²) in [6.07, 6.45) is -0.857. The molecular weight excluding hydrogens is 400 g/mol. The Bertz CT molecular complexity index is 585. The second-order valence-electron chi connectivity index (χ2n) is 7.78. The molecule has 11 heteroatoms. The third kappa shape index (κ3) is 9.46. The Hall–Kier alpha value is -1.85. The number of nitrogens with one attached hydrogen (secondary N) is 3. The minimum absolute atomic E-state index is 0.116. The van der Waals surface area contributed by atoms with Crippen LogP contribution in [0.1, 0.15) is 41.0 Å². The van der Waals surface area contributed by atoms with E-state index in [4.69, 9.17) is 5.73 Å². The van der Waals surface area contributed by atoms with Crippen molar-refractivity contribution in [2.24, 2.45) is 17.6 Å². The molecule has 0 aromatic heterocycles. The van der Waals surface area contributed by atoms with E-state index in [-0.39, 0.29) is 17.6 Å². The van der Waals surface area contributed by atoms with Crippen LogP contribution in [0.2, 0.25) is 0 Å². The van der Waals surface area contributed by atoms with Crippen molar-refractivity contribution in [3.8, 4) is 0 Å². The standard InChI is InChI=1S/C18H34N4O6S/c1-8(2)6-11(19)15(24)22-14(10(5)23)17(26)20-12(7-29)16(25)21-13(9(3)4)18(27)28/h8-14,23,29H,6-7,19H2,1-5H3,(H,20,26)(H,21,25)(H,22,24)(H,27,28). The molecule has 0 aromatic carbocycles. The molecule has 0 aromatic rings. The van der Waals surface area contributed by atoms with E-state index in [0.29, 0.717) is 6.42 Å². The Kier molecular flexibility index (Phi) is 11.8. The summed E-state index contributed by atoms with van der Waals surface area (Å²) in [5.74, 6) is -3.68. The molecule has 5 atom stereocenters. The van der Waals surface area contributed by atoms with Crippen molar-refractivity contribution < 1.29 is 29.4 Å². The highest BCUT2D eigenvalue weighted by molar-refractivity contribution is 7.80. The number of hydrogen-bond acceptors (Lipinski definition) is 7. The van der Waals surface area contributed by atoms with Crippen LogP contribution in [0.25, 0.3) is 0 Å². The van der Waals surface area contributed by atoms with Crippen LogP contribution in [0.15, 0.2) is 0 Å². The monoisotopic (exact) mass is 434 g/mol. The summed E-state index contributed by atoms with van der Waals surface area (Å²) in [5.41, 5.74) is 5.80. The van der Waals surface area contributed by atoms with Crippen molar-refractivity contribution in [3.05, 3.63) is 0 Å². The van der Waals surface area contributed by atoms with Crippen molar-refractivity contribution in [1.29, 1.82) is 0 Å². The summed E-state index contributed by atoms with van der Waals surface area (Å²) in [4.78, 5) is 48.4. The van der Waals surface area contributed by atoms with Gasteiger partial charge in [-0.25, -0.2) is 4.79 Å². The lowest BCUT2D eigenvalue weighted by atomic mass is 10.0. The topological polar surface area (TPSA) is 171 Å². The molecule has 10 nitrogen and oxygen atoms in total. The summed E-state index contributed by atoms with van der Waals surface area (Å²) in [5, 5.41) is 26.2. The molecule has 0 aliphatic rings. The molecular formula is C18H34N4O6S. The minimum atomic E-state index is -1.34. The Labute approximate surface area is 176 Å². The quantitative estimate of drug-likeness (QED) is 0.190. The van der Waals surface area contributed by atoms with Gasteiger partial charge in [0.2, 0.25) is 17.7 Å². The van der Waals surface area contributed by atoms with E-state index < -0.39 is 54.0 Å². The third-order valence-corrected chi connectivity index (χ3v) is 4.54.